The fraction of sp³-hybridized carbons (Fsp3) is 0.812. The molecule has 0 radical (unpaired) electrons. The first kappa shape index (κ1) is 16.4. The molecule has 0 aromatic carbocycles. The van der Waals surface area contributed by atoms with Gasteiger partial charge in [0.15, 0.2) is 0 Å². The SMILES string of the molecule is CC(OCC1CC1)C(=O)N1CCOCC1c1nnc(C(C)C)o1. The Morgan fingerprint density at radius 2 is 2.13 bits per heavy atom. The van der Waals surface area contributed by atoms with Gasteiger partial charge in [0.05, 0.1) is 19.8 Å². The Balaban J connectivity index is 1.67. The molecule has 2 atom stereocenters. The maximum atomic E-state index is 12.7. The van der Waals surface area contributed by atoms with Crippen LogP contribution in [0.3, 0.4) is 0 Å². The van der Waals surface area contributed by atoms with Gasteiger partial charge in [-0.2, -0.15) is 0 Å². The number of morpholine rings is 1. The number of carbonyl (C=O) groups is 1. The van der Waals surface area contributed by atoms with Crippen molar-refractivity contribution in [2.75, 3.05) is 26.4 Å². The van der Waals surface area contributed by atoms with Gasteiger partial charge in [-0.1, -0.05) is 13.8 Å². The van der Waals surface area contributed by atoms with Crippen molar-refractivity contribution in [1.82, 2.24) is 15.1 Å². The Kier molecular flexibility index (Phi) is 4.96. The first-order valence-corrected chi connectivity index (χ1v) is 8.39. The minimum absolute atomic E-state index is 0.0387. The van der Waals surface area contributed by atoms with Crippen molar-refractivity contribution in [1.29, 1.82) is 0 Å². The molecule has 2 fully saturated rings. The Labute approximate surface area is 136 Å². The van der Waals surface area contributed by atoms with E-state index in [0.29, 0.717) is 44.1 Å². The average molecular weight is 323 g/mol. The summed E-state index contributed by atoms with van der Waals surface area (Å²) in [4.78, 5) is 14.5. The third-order valence-electron chi connectivity index (χ3n) is 4.27. The summed E-state index contributed by atoms with van der Waals surface area (Å²) in [6.07, 6.45) is 1.96. The van der Waals surface area contributed by atoms with E-state index >= 15 is 0 Å². The fourth-order valence-corrected chi connectivity index (χ4v) is 2.56. The molecular weight excluding hydrogens is 298 g/mol. The highest BCUT2D eigenvalue weighted by molar-refractivity contribution is 5.81. The van der Waals surface area contributed by atoms with Crippen LogP contribution in [0.5, 0.6) is 0 Å². The number of aromatic nitrogens is 2. The molecule has 1 saturated carbocycles. The predicted octanol–water partition coefficient (Wildman–Crippen LogP) is 1.91. The van der Waals surface area contributed by atoms with Gasteiger partial charge in [-0.15, -0.1) is 10.2 Å². The molecule has 2 heterocycles. The fourth-order valence-electron chi connectivity index (χ4n) is 2.56. The monoisotopic (exact) mass is 323 g/mol. The molecule has 3 rings (SSSR count). The number of hydrogen-bond acceptors (Lipinski definition) is 6. The second-order valence-electron chi connectivity index (χ2n) is 6.67. The molecule has 0 N–H and O–H groups in total. The van der Waals surface area contributed by atoms with E-state index in [1.807, 2.05) is 20.8 Å². The lowest BCUT2D eigenvalue weighted by Crippen LogP contribution is -2.47. The second-order valence-corrected chi connectivity index (χ2v) is 6.67. The highest BCUT2D eigenvalue weighted by atomic mass is 16.5. The molecule has 0 spiro atoms. The van der Waals surface area contributed by atoms with Crippen LogP contribution in [-0.4, -0.2) is 53.5 Å². The zero-order valence-electron chi connectivity index (χ0n) is 14.0. The predicted molar refractivity (Wildman–Crippen MR) is 81.8 cm³/mol. The summed E-state index contributed by atoms with van der Waals surface area (Å²) < 4.78 is 16.9. The van der Waals surface area contributed by atoms with Crippen molar-refractivity contribution in [3.8, 4) is 0 Å². The highest BCUT2D eigenvalue weighted by Crippen LogP contribution is 2.30. The lowest BCUT2D eigenvalue weighted by atomic mass is 10.2. The van der Waals surface area contributed by atoms with Crippen molar-refractivity contribution in [2.24, 2.45) is 5.92 Å². The molecule has 1 aromatic heterocycles. The summed E-state index contributed by atoms with van der Waals surface area (Å²) in [6.45, 7) is 7.87. The lowest BCUT2D eigenvalue weighted by Gasteiger charge is -2.35. The first-order chi connectivity index (χ1) is 11.1. The molecule has 1 aromatic rings. The van der Waals surface area contributed by atoms with Crippen LogP contribution in [0.15, 0.2) is 4.42 Å². The smallest absolute Gasteiger partial charge is 0.252 e. The topological polar surface area (TPSA) is 77.7 Å². The van der Waals surface area contributed by atoms with E-state index in [0.717, 1.165) is 0 Å². The quantitative estimate of drug-likeness (QED) is 0.796. The van der Waals surface area contributed by atoms with E-state index in [-0.39, 0.29) is 17.9 Å². The van der Waals surface area contributed by atoms with Gasteiger partial charge in [-0.05, 0) is 25.7 Å². The van der Waals surface area contributed by atoms with Crippen molar-refractivity contribution >= 4 is 5.91 Å². The summed E-state index contributed by atoms with van der Waals surface area (Å²) in [7, 11) is 0. The van der Waals surface area contributed by atoms with E-state index < -0.39 is 6.10 Å². The van der Waals surface area contributed by atoms with E-state index in [1.54, 1.807) is 4.90 Å². The number of hydrogen-bond donors (Lipinski definition) is 0. The minimum atomic E-state index is -0.455. The highest BCUT2D eigenvalue weighted by Gasteiger charge is 2.35. The van der Waals surface area contributed by atoms with Gasteiger partial charge in [-0.25, -0.2) is 0 Å². The average Bonchev–Trinajstić information content (AvgIpc) is 3.25. The number of carbonyl (C=O) groups excluding carboxylic acids is 1. The molecule has 1 amide bonds. The van der Waals surface area contributed by atoms with Gasteiger partial charge < -0.3 is 18.8 Å². The molecule has 128 valence electrons. The van der Waals surface area contributed by atoms with Crippen LogP contribution in [0.2, 0.25) is 0 Å². The molecule has 7 nitrogen and oxygen atoms in total. The van der Waals surface area contributed by atoms with Crippen LogP contribution in [0.1, 0.15) is 57.4 Å². The molecule has 23 heavy (non-hydrogen) atoms. The Morgan fingerprint density at radius 1 is 1.35 bits per heavy atom. The maximum absolute atomic E-state index is 12.7. The van der Waals surface area contributed by atoms with Crippen molar-refractivity contribution in [2.45, 2.75) is 51.7 Å². The molecule has 1 saturated heterocycles. The van der Waals surface area contributed by atoms with Crippen LogP contribution < -0.4 is 0 Å². The number of ether oxygens (including phenoxy) is 2. The largest absolute Gasteiger partial charge is 0.423 e. The van der Waals surface area contributed by atoms with Gasteiger partial charge in [0.25, 0.3) is 5.91 Å². The van der Waals surface area contributed by atoms with Gasteiger partial charge in [0, 0.05) is 12.5 Å². The van der Waals surface area contributed by atoms with Crippen LogP contribution in [0.4, 0.5) is 0 Å². The summed E-state index contributed by atoms with van der Waals surface area (Å²) in [5, 5.41) is 8.16. The number of amides is 1. The molecule has 0 bridgehead atoms. The molecular formula is C16H25N3O4. The Bertz CT molecular complexity index is 541. The lowest BCUT2D eigenvalue weighted by molar-refractivity contribution is -0.152. The molecule has 1 aliphatic heterocycles. The molecule has 2 unspecified atom stereocenters. The minimum Gasteiger partial charge on any atom is -0.423 e. The number of rotatable bonds is 6. The second kappa shape index (κ2) is 6.97. The van der Waals surface area contributed by atoms with Crippen molar-refractivity contribution in [3.63, 3.8) is 0 Å². The van der Waals surface area contributed by atoms with E-state index in [9.17, 15) is 4.79 Å². The van der Waals surface area contributed by atoms with Crippen LogP contribution >= 0.6 is 0 Å². The molecule has 1 aliphatic carbocycles. The zero-order valence-corrected chi connectivity index (χ0v) is 14.0. The van der Waals surface area contributed by atoms with Gasteiger partial charge in [0.2, 0.25) is 11.8 Å². The standard InChI is InChI=1S/C16H25N3O4/c1-10(2)14-17-18-15(23-14)13-9-21-7-6-19(13)16(20)11(3)22-8-12-4-5-12/h10-13H,4-9H2,1-3H3. The Morgan fingerprint density at radius 3 is 2.78 bits per heavy atom. The maximum Gasteiger partial charge on any atom is 0.252 e. The van der Waals surface area contributed by atoms with Crippen LogP contribution in [-0.2, 0) is 14.3 Å². The Hall–Kier alpha value is -1.47. The van der Waals surface area contributed by atoms with Gasteiger partial charge >= 0.3 is 0 Å². The number of nitrogens with zero attached hydrogens (tertiary/aromatic N) is 3. The summed E-state index contributed by atoms with van der Waals surface area (Å²) >= 11 is 0. The first-order valence-electron chi connectivity index (χ1n) is 8.39. The van der Waals surface area contributed by atoms with Gasteiger partial charge in [0.1, 0.15) is 12.1 Å². The van der Waals surface area contributed by atoms with E-state index in [1.165, 1.54) is 12.8 Å². The summed E-state index contributed by atoms with van der Waals surface area (Å²) in [5.41, 5.74) is 0. The summed E-state index contributed by atoms with van der Waals surface area (Å²) in [6, 6.07) is -0.330. The van der Waals surface area contributed by atoms with Crippen LogP contribution in [0, 0.1) is 5.92 Å². The molecule has 7 heteroatoms. The van der Waals surface area contributed by atoms with Gasteiger partial charge in [-0.3, -0.25) is 4.79 Å². The third kappa shape index (κ3) is 3.90. The van der Waals surface area contributed by atoms with Crippen LogP contribution in [0.25, 0.3) is 0 Å². The summed E-state index contributed by atoms with van der Waals surface area (Å²) in [5.74, 6) is 1.77. The van der Waals surface area contributed by atoms with Crippen molar-refractivity contribution < 1.29 is 18.7 Å². The third-order valence-corrected chi connectivity index (χ3v) is 4.27. The zero-order chi connectivity index (χ0) is 16.4. The van der Waals surface area contributed by atoms with E-state index in [4.69, 9.17) is 13.9 Å². The van der Waals surface area contributed by atoms with E-state index in [2.05, 4.69) is 10.2 Å². The van der Waals surface area contributed by atoms with Crippen molar-refractivity contribution in [3.05, 3.63) is 11.8 Å². The normalized spacial score (nSPS) is 23.3. The molecule has 2 aliphatic rings.